The number of rotatable bonds is 3. The van der Waals surface area contributed by atoms with Crippen molar-refractivity contribution in [1.29, 1.82) is 0 Å². The fraction of sp³-hybridized carbons (Fsp3) is 0.545. The number of amides is 1. The predicted octanol–water partition coefficient (Wildman–Crippen LogP) is 2.71. The molecule has 0 aliphatic heterocycles. The zero-order chi connectivity index (χ0) is 11.7. The van der Waals surface area contributed by atoms with Gasteiger partial charge in [-0.1, -0.05) is 13.8 Å². The Labute approximate surface area is 98.8 Å². The molecule has 1 aromatic rings. The van der Waals surface area contributed by atoms with Crippen LogP contribution in [0.15, 0.2) is 4.47 Å². The zero-order valence-electron chi connectivity index (χ0n) is 9.60. The van der Waals surface area contributed by atoms with Gasteiger partial charge in [-0.2, -0.15) is 0 Å². The zero-order valence-corrected chi connectivity index (χ0v) is 11.2. The summed E-state index contributed by atoms with van der Waals surface area (Å²) < 4.78 is 2.89. The van der Waals surface area contributed by atoms with Gasteiger partial charge in [-0.25, -0.2) is 0 Å². The van der Waals surface area contributed by atoms with Gasteiger partial charge in [0.25, 0.3) is 5.91 Å². The molecule has 84 valence electrons. The summed E-state index contributed by atoms with van der Waals surface area (Å²) in [6.07, 6.45) is 1.04. The number of primary amides is 1. The Morgan fingerprint density at radius 1 is 1.60 bits per heavy atom. The van der Waals surface area contributed by atoms with Crippen LogP contribution in [-0.4, -0.2) is 10.5 Å². The molecule has 1 rings (SSSR count). The molecule has 1 amide bonds. The molecule has 1 aromatic heterocycles. The summed E-state index contributed by atoms with van der Waals surface area (Å²) in [5.41, 5.74) is 8.02. The van der Waals surface area contributed by atoms with Crippen molar-refractivity contribution in [2.75, 3.05) is 0 Å². The van der Waals surface area contributed by atoms with Gasteiger partial charge in [0.2, 0.25) is 0 Å². The quantitative estimate of drug-likeness (QED) is 0.904. The van der Waals surface area contributed by atoms with Crippen LogP contribution in [0.5, 0.6) is 0 Å². The van der Waals surface area contributed by atoms with Crippen LogP contribution in [0, 0.1) is 6.92 Å². The smallest absolute Gasteiger partial charge is 0.251 e. The highest BCUT2D eigenvalue weighted by atomic mass is 79.9. The van der Waals surface area contributed by atoms with E-state index in [1.807, 2.05) is 18.5 Å². The molecule has 0 spiro atoms. The maximum absolute atomic E-state index is 11.3. The summed E-state index contributed by atoms with van der Waals surface area (Å²) in [7, 11) is 1.97. The second-order valence-corrected chi connectivity index (χ2v) is 4.69. The van der Waals surface area contributed by atoms with E-state index < -0.39 is 0 Å². The van der Waals surface area contributed by atoms with Gasteiger partial charge in [-0.3, -0.25) is 4.79 Å². The Kier molecular flexibility index (Phi) is 3.60. The number of nitrogens with zero attached hydrogens (tertiary/aromatic N) is 1. The molecule has 0 saturated heterocycles. The van der Waals surface area contributed by atoms with Gasteiger partial charge in [0.15, 0.2) is 0 Å². The molecule has 1 unspecified atom stereocenters. The molecule has 0 aromatic carbocycles. The van der Waals surface area contributed by atoms with Crippen molar-refractivity contribution in [2.45, 2.75) is 33.1 Å². The fourth-order valence-electron chi connectivity index (χ4n) is 1.81. The topological polar surface area (TPSA) is 48.0 Å². The van der Waals surface area contributed by atoms with Gasteiger partial charge in [-0.05, 0) is 35.2 Å². The molecule has 0 aliphatic rings. The van der Waals surface area contributed by atoms with Crippen LogP contribution in [0.2, 0.25) is 0 Å². The third kappa shape index (κ3) is 1.95. The predicted molar refractivity (Wildman–Crippen MR) is 65.1 cm³/mol. The molecule has 3 nitrogen and oxygen atoms in total. The van der Waals surface area contributed by atoms with E-state index in [0.717, 1.165) is 22.3 Å². The number of hydrogen-bond acceptors (Lipinski definition) is 1. The van der Waals surface area contributed by atoms with Crippen LogP contribution in [0.1, 0.15) is 47.9 Å². The Morgan fingerprint density at radius 2 is 2.13 bits per heavy atom. The highest BCUT2D eigenvalue weighted by Crippen LogP contribution is 2.33. The number of aromatic nitrogens is 1. The number of hydrogen-bond donors (Lipinski definition) is 1. The third-order valence-electron chi connectivity index (χ3n) is 3.00. The standard InChI is InChI=1S/C11H17BrN2O/c1-5-6(2)10-9(12)8(11(13)15)7(3)14(10)4/h6H,5H2,1-4H3,(H2,13,15). The summed E-state index contributed by atoms with van der Waals surface area (Å²) >= 11 is 3.47. The van der Waals surface area contributed by atoms with Crippen molar-refractivity contribution in [3.05, 3.63) is 21.4 Å². The minimum atomic E-state index is -0.371. The highest BCUT2D eigenvalue weighted by molar-refractivity contribution is 9.10. The molecular formula is C11H17BrN2O. The largest absolute Gasteiger partial charge is 0.366 e. The highest BCUT2D eigenvalue weighted by Gasteiger charge is 2.22. The van der Waals surface area contributed by atoms with E-state index in [2.05, 4.69) is 29.8 Å². The first kappa shape index (κ1) is 12.3. The van der Waals surface area contributed by atoms with Crippen molar-refractivity contribution in [3.63, 3.8) is 0 Å². The van der Waals surface area contributed by atoms with Crippen molar-refractivity contribution < 1.29 is 4.79 Å². The number of carbonyl (C=O) groups is 1. The van der Waals surface area contributed by atoms with Crippen molar-refractivity contribution >= 4 is 21.8 Å². The van der Waals surface area contributed by atoms with Gasteiger partial charge in [0.1, 0.15) is 0 Å². The molecule has 0 saturated carbocycles. The summed E-state index contributed by atoms with van der Waals surface area (Å²) in [6, 6.07) is 0. The second kappa shape index (κ2) is 4.39. The van der Waals surface area contributed by atoms with Crippen molar-refractivity contribution in [1.82, 2.24) is 4.57 Å². The summed E-state index contributed by atoms with van der Waals surface area (Å²) in [4.78, 5) is 11.3. The molecule has 1 heterocycles. The summed E-state index contributed by atoms with van der Waals surface area (Å²) in [5.74, 6) is 0.0423. The fourth-order valence-corrected chi connectivity index (χ4v) is 2.95. The molecule has 4 heteroatoms. The van der Waals surface area contributed by atoms with E-state index in [-0.39, 0.29) is 5.91 Å². The summed E-state index contributed by atoms with van der Waals surface area (Å²) in [5, 5.41) is 0. The lowest BCUT2D eigenvalue weighted by Gasteiger charge is -2.11. The maximum atomic E-state index is 11.3. The van der Waals surface area contributed by atoms with Crippen LogP contribution >= 0.6 is 15.9 Å². The van der Waals surface area contributed by atoms with Crippen LogP contribution < -0.4 is 5.73 Å². The average molecular weight is 273 g/mol. The molecular weight excluding hydrogens is 256 g/mol. The van der Waals surface area contributed by atoms with Crippen LogP contribution in [0.3, 0.4) is 0 Å². The number of halogens is 1. The van der Waals surface area contributed by atoms with Gasteiger partial charge >= 0.3 is 0 Å². The molecule has 2 N–H and O–H groups in total. The molecule has 1 atom stereocenters. The minimum Gasteiger partial charge on any atom is -0.366 e. The first-order valence-electron chi connectivity index (χ1n) is 5.06. The lowest BCUT2D eigenvalue weighted by atomic mass is 10.0. The number of carbonyl (C=O) groups excluding carboxylic acids is 1. The van der Waals surface area contributed by atoms with Gasteiger partial charge in [0.05, 0.1) is 10.0 Å². The first-order chi connectivity index (χ1) is 6.91. The average Bonchev–Trinajstić information content (AvgIpc) is 2.37. The Hall–Kier alpha value is -0.770. The van der Waals surface area contributed by atoms with E-state index in [1.165, 1.54) is 0 Å². The minimum absolute atomic E-state index is 0.371. The van der Waals surface area contributed by atoms with E-state index in [9.17, 15) is 4.79 Å². The monoisotopic (exact) mass is 272 g/mol. The van der Waals surface area contributed by atoms with E-state index in [1.54, 1.807) is 0 Å². The molecule has 0 aliphatic carbocycles. The summed E-state index contributed by atoms with van der Waals surface area (Å²) in [6.45, 7) is 6.18. The molecule has 15 heavy (non-hydrogen) atoms. The van der Waals surface area contributed by atoms with Crippen LogP contribution in [0.25, 0.3) is 0 Å². The molecule has 0 radical (unpaired) electrons. The molecule has 0 bridgehead atoms. The first-order valence-corrected chi connectivity index (χ1v) is 5.85. The Bertz CT molecular complexity index is 396. The van der Waals surface area contributed by atoms with Gasteiger partial charge in [-0.15, -0.1) is 0 Å². The van der Waals surface area contributed by atoms with Crippen LogP contribution in [0.4, 0.5) is 0 Å². The molecule has 0 fully saturated rings. The van der Waals surface area contributed by atoms with Gasteiger partial charge in [0, 0.05) is 18.4 Å². The third-order valence-corrected chi connectivity index (χ3v) is 3.80. The maximum Gasteiger partial charge on any atom is 0.251 e. The second-order valence-electron chi connectivity index (χ2n) is 3.89. The SMILES string of the molecule is CCC(C)c1c(Br)c(C(N)=O)c(C)n1C. The Morgan fingerprint density at radius 3 is 2.47 bits per heavy atom. The van der Waals surface area contributed by atoms with E-state index >= 15 is 0 Å². The Balaban J connectivity index is 3.42. The number of nitrogens with two attached hydrogens (primary N) is 1. The van der Waals surface area contributed by atoms with E-state index in [0.29, 0.717) is 11.5 Å². The van der Waals surface area contributed by atoms with Crippen molar-refractivity contribution in [2.24, 2.45) is 12.8 Å². The lowest BCUT2D eigenvalue weighted by molar-refractivity contribution is 0.0999. The normalized spacial score (nSPS) is 12.9. The lowest BCUT2D eigenvalue weighted by Crippen LogP contribution is -2.12. The van der Waals surface area contributed by atoms with Crippen molar-refractivity contribution in [3.8, 4) is 0 Å². The van der Waals surface area contributed by atoms with Gasteiger partial charge < -0.3 is 10.3 Å². The van der Waals surface area contributed by atoms with E-state index in [4.69, 9.17) is 5.73 Å². The van der Waals surface area contributed by atoms with Crippen LogP contribution in [-0.2, 0) is 7.05 Å².